The minimum absolute atomic E-state index is 0.244. The molecule has 0 saturated heterocycles. The van der Waals surface area contributed by atoms with Gasteiger partial charge < -0.3 is 0 Å². The molecule has 0 saturated carbocycles. The second kappa shape index (κ2) is 6.37. The third kappa shape index (κ3) is 3.28. The molecule has 0 radical (unpaired) electrons. The average Bonchev–Trinajstić information content (AvgIpc) is 2.42. The summed E-state index contributed by atoms with van der Waals surface area (Å²) in [5, 5.41) is 2.90. The van der Waals surface area contributed by atoms with Crippen molar-refractivity contribution < 1.29 is 0 Å². The van der Waals surface area contributed by atoms with Gasteiger partial charge in [-0.1, -0.05) is 72.8 Å². The van der Waals surface area contributed by atoms with Gasteiger partial charge in [-0.05, 0) is 31.6 Å². The molecule has 2 aromatic carbocycles. The topological polar surface area (TPSA) is 0 Å². The molecule has 0 N–H and O–H groups in total. The van der Waals surface area contributed by atoms with E-state index in [1.165, 1.54) is 10.6 Å². The lowest BCUT2D eigenvalue weighted by Gasteiger charge is -2.16. The van der Waals surface area contributed by atoms with Gasteiger partial charge in [-0.3, -0.25) is 0 Å². The van der Waals surface area contributed by atoms with Crippen molar-refractivity contribution in [2.24, 2.45) is 0 Å². The average molecular weight is 240 g/mol. The van der Waals surface area contributed by atoms with E-state index in [9.17, 15) is 0 Å². The highest BCUT2D eigenvalue weighted by Gasteiger charge is 2.10. The van der Waals surface area contributed by atoms with E-state index in [-0.39, 0.29) is 7.92 Å². The van der Waals surface area contributed by atoms with Crippen molar-refractivity contribution in [1.82, 2.24) is 0 Å². The van der Waals surface area contributed by atoms with Crippen LogP contribution in [0.25, 0.3) is 0 Å². The number of hydrogen-bond acceptors (Lipinski definition) is 0. The first kappa shape index (κ1) is 12.1. The Labute approximate surface area is 105 Å². The van der Waals surface area contributed by atoms with E-state index in [2.05, 4.69) is 79.7 Å². The molecule has 0 unspecified atom stereocenters. The predicted octanol–water partition coefficient (Wildman–Crippen LogP) is 3.70. The van der Waals surface area contributed by atoms with Crippen LogP contribution in [0.5, 0.6) is 0 Å². The van der Waals surface area contributed by atoms with Crippen molar-refractivity contribution in [2.75, 3.05) is 6.16 Å². The quantitative estimate of drug-likeness (QED) is 0.564. The lowest BCUT2D eigenvalue weighted by atomic mass is 10.4. The van der Waals surface area contributed by atoms with Crippen molar-refractivity contribution in [3.63, 3.8) is 0 Å². The molecular weight excluding hydrogens is 223 g/mol. The summed E-state index contributed by atoms with van der Waals surface area (Å²) < 4.78 is 0. The van der Waals surface area contributed by atoms with Crippen LogP contribution in [0.4, 0.5) is 0 Å². The molecule has 86 valence electrons. The fourth-order valence-corrected chi connectivity index (χ4v) is 3.99. The van der Waals surface area contributed by atoms with Gasteiger partial charge >= 0.3 is 0 Å². The van der Waals surface area contributed by atoms with Gasteiger partial charge in [0.15, 0.2) is 0 Å². The Morgan fingerprint density at radius 1 is 0.824 bits per heavy atom. The molecule has 0 nitrogen and oxygen atoms in total. The molecule has 0 aromatic heterocycles. The van der Waals surface area contributed by atoms with Crippen LogP contribution in [0.2, 0.25) is 0 Å². The molecule has 0 heterocycles. The van der Waals surface area contributed by atoms with Crippen LogP contribution in [0, 0.1) is 0 Å². The molecule has 0 fully saturated rings. The van der Waals surface area contributed by atoms with Gasteiger partial charge in [-0.2, -0.15) is 0 Å². The van der Waals surface area contributed by atoms with E-state index < -0.39 is 0 Å². The normalized spacial score (nSPS) is 11.2. The Kier molecular flexibility index (Phi) is 4.53. The summed E-state index contributed by atoms with van der Waals surface area (Å²) in [4.78, 5) is 0. The maximum absolute atomic E-state index is 2.27. The molecule has 2 rings (SSSR count). The molecule has 1 heteroatoms. The van der Waals surface area contributed by atoms with Gasteiger partial charge in [-0.15, -0.1) is 0 Å². The Hall–Kier alpha value is -1.39. The van der Waals surface area contributed by atoms with E-state index in [1.807, 2.05) is 0 Å². The smallest absolute Gasteiger partial charge is 0.00643 e. The highest BCUT2D eigenvalue weighted by molar-refractivity contribution is 7.73. The Balaban J connectivity index is 2.32. The highest BCUT2D eigenvalue weighted by Crippen LogP contribution is 2.33. The van der Waals surface area contributed by atoms with E-state index in [0.717, 1.165) is 6.16 Å². The molecule has 17 heavy (non-hydrogen) atoms. The van der Waals surface area contributed by atoms with Gasteiger partial charge in [0.2, 0.25) is 0 Å². The molecular formula is C16H17P. The van der Waals surface area contributed by atoms with Crippen LogP contribution in [-0.4, -0.2) is 6.16 Å². The number of allylic oxidation sites excluding steroid dienone is 2. The Morgan fingerprint density at radius 3 is 1.71 bits per heavy atom. The van der Waals surface area contributed by atoms with Crippen LogP contribution < -0.4 is 10.6 Å². The zero-order valence-electron chi connectivity index (χ0n) is 10.1. The molecule has 0 aliphatic rings. The number of benzene rings is 2. The van der Waals surface area contributed by atoms with Crippen LogP contribution in [-0.2, 0) is 0 Å². The van der Waals surface area contributed by atoms with Gasteiger partial charge in [0.05, 0.1) is 0 Å². The molecule has 0 atom stereocenters. The summed E-state index contributed by atoms with van der Waals surface area (Å²) >= 11 is 0. The third-order valence-electron chi connectivity index (χ3n) is 2.66. The van der Waals surface area contributed by atoms with E-state index >= 15 is 0 Å². The molecule has 0 spiro atoms. The molecule has 2 aromatic rings. The predicted molar refractivity (Wildman–Crippen MR) is 78.8 cm³/mol. The van der Waals surface area contributed by atoms with Crippen molar-refractivity contribution in [3.8, 4) is 0 Å². The molecule has 0 bridgehead atoms. The van der Waals surface area contributed by atoms with Crippen LogP contribution in [0.15, 0.2) is 72.8 Å². The van der Waals surface area contributed by atoms with Gasteiger partial charge in [-0.25, -0.2) is 0 Å². The standard InChI is InChI=1S/C16H17P/c1-2-3-14-17(15-10-6-4-7-11-15)16-12-8-5-9-13-16/h2-13H,14H2,1H3/b3-2+. The second-order valence-corrected chi connectivity index (χ2v) is 6.10. The van der Waals surface area contributed by atoms with Crippen molar-refractivity contribution in [2.45, 2.75) is 6.92 Å². The first-order valence-corrected chi connectivity index (χ1v) is 7.43. The van der Waals surface area contributed by atoms with Gasteiger partial charge in [0.25, 0.3) is 0 Å². The molecule has 0 aliphatic heterocycles. The first-order valence-electron chi connectivity index (χ1n) is 5.90. The zero-order chi connectivity index (χ0) is 11.9. The van der Waals surface area contributed by atoms with Crippen molar-refractivity contribution >= 4 is 18.5 Å². The monoisotopic (exact) mass is 240 g/mol. The summed E-state index contributed by atoms with van der Waals surface area (Å²) in [6.45, 7) is 2.09. The molecule has 0 amide bonds. The summed E-state index contributed by atoms with van der Waals surface area (Å²) in [5.41, 5.74) is 0. The Bertz CT molecular complexity index is 420. The van der Waals surface area contributed by atoms with Crippen LogP contribution >= 0.6 is 7.92 Å². The number of hydrogen-bond donors (Lipinski definition) is 0. The SMILES string of the molecule is C/C=C/CP(c1ccccc1)c1ccccc1. The lowest BCUT2D eigenvalue weighted by molar-refractivity contribution is 1.63. The Morgan fingerprint density at radius 2 is 1.29 bits per heavy atom. The number of rotatable bonds is 4. The van der Waals surface area contributed by atoms with E-state index in [0.29, 0.717) is 0 Å². The summed E-state index contributed by atoms with van der Waals surface area (Å²) in [5.74, 6) is 0. The minimum atomic E-state index is -0.244. The summed E-state index contributed by atoms with van der Waals surface area (Å²) in [6, 6.07) is 21.6. The lowest BCUT2D eigenvalue weighted by Crippen LogP contribution is -2.12. The molecule has 0 aliphatic carbocycles. The third-order valence-corrected chi connectivity index (χ3v) is 5.08. The summed E-state index contributed by atoms with van der Waals surface area (Å²) in [7, 11) is -0.244. The fraction of sp³-hybridized carbons (Fsp3) is 0.125. The second-order valence-electron chi connectivity index (χ2n) is 3.85. The van der Waals surface area contributed by atoms with E-state index in [4.69, 9.17) is 0 Å². The van der Waals surface area contributed by atoms with Crippen molar-refractivity contribution in [1.29, 1.82) is 0 Å². The maximum atomic E-state index is 2.27. The maximum Gasteiger partial charge on any atom is -0.00643 e. The minimum Gasteiger partial charge on any atom is -0.0913 e. The van der Waals surface area contributed by atoms with Crippen molar-refractivity contribution in [3.05, 3.63) is 72.8 Å². The fourth-order valence-electron chi connectivity index (χ4n) is 1.79. The van der Waals surface area contributed by atoms with Gasteiger partial charge in [0, 0.05) is 0 Å². The highest BCUT2D eigenvalue weighted by atomic mass is 31.1. The zero-order valence-corrected chi connectivity index (χ0v) is 11.0. The van der Waals surface area contributed by atoms with Crippen LogP contribution in [0.1, 0.15) is 6.92 Å². The largest absolute Gasteiger partial charge is 0.0913 e. The first-order chi connectivity index (χ1) is 8.42. The summed E-state index contributed by atoms with van der Waals surface area (Å²) in [6.07, 6.45) is 5.53. The van der Waals surface area contributed by atoms with Gasteiger partial charge in [0.1, 0.15) is 0 Å². The van der Waals surface area contributed by atoms with Crippen LogP contribution in [0.3, 0.4) is 0 Å². The van der Waals surface area contributed by atoms with E-state index in [1.54, 1.807) is 0 Å².